The Kier molecular flexibility index (Phi) is 5.66. The number of nitrogens with two attached hydrogens (primary N) is 1. The van der Waals surface area contributed by atoms with Gasteiger partial charge in [0.2, 0.25) is 0 Å². The second-order valence-electron chi connectivity index (χ2n) is 8.45. The Labute approximate surface area is 207 Å². The minimum Gasteiger partial charge on any atom is -0.383 e. The summed E-state index contributed by atoms with van der Waals surface area (Å²) in [6.07, 6.45) is 3.36. The van der Waals surface area contributed by atoms with Crippen molar-refractivity contribution < 1.29 is 4.79 Å². The molecule has 0 aliphatic rings. The third-order valence-corrected chi connectivity index (χ3v) is 6.88. The average molecular weight is 481 g/mol. The Morgan fingerprint density at radius 3 is 2.57 bits per heavy atom. The van der Waals surface area contributed by atoms with Crippen LogP contribution >= 0.6 is 11.3 Å². The van der Waals surface area contributed by atoms with Crippen LogP contribution in [-0.2, 0) is 11.8 Å². The summed E-state index contributed by atoms with van der Waals surface area (Å²) in [5.41, 5.74) is 13.4. The molecule has 1 amide bonds. The highest BCUT2D eigenvalue weighted by atomic mass is 32.1. The van der Waals surface area contributed by atoms with Gasteiger partial charge in [0, 0.05) is 35.6 Å². The topological polar surface area (TPSA) is 98.7 Å². The molecular weight excluding hydrogens is 456 g/mol. The van der Waals surface area contributed by atoms with Gasteiger partial charge in [-0.15, -0.1) is 11.3 Å². The largest absolute Gasteiger partial charge is 0.383 e. The SMILES string of the molecule is C=C(C)C(=O)Nc1ccc(-c2c(-c3cnc(-c4cccc(C)c4)s3)c3c(N)ncnc3n2C)cc1. The number of hydrogen-bond acceptors (Lipinski definition) is 6. The number of amides is 1. The van der Waals surface area contributed by atoms with E-state index in [-0.39, 0.29) is 5.91 Å². The van der Waals surface area contributed by atoms with Crippen LogP contribution in [0.15, 0.2) is 73.2 Å². The highest BCUT2D eigenvalue weighted by Gasteiger charge is 2.23. The molecule has 0 bridgehead atoms. The van der Waals surface area contributed by atoms with Crippen LogP contribution in [-0.4, -0.2) is 25.4 Å². The maximum atomic E-state index is 12.0. The first-order chi connectivity index (χ1) is 16.8. The molecule has 5 rings (SSSR count). The van der Waals surface area contributed by atoms with E-state index >= 15 is 0 Å². The minimum atomic E-state index is -0.209. The van der Waals surface area contributed by atoms with Crippen LogP contribution in [0.5, 0.6) is 0 Å². The molecule has 7 nitrogen and oxygen atoms in total. The van der Waals surface area contributed by atoms with E-state index in [0.29, 0.717) is 17.1 Å². The molecule has 5 aromatic rings. The molecule has 3 heterocycles. The molecule has 174 valence electrons. The smallest absolute Gasteiger partial charge is 0.250 e. The number of aromatic nitrogens is 4. The van der Waals surface area contributed by atoms with Crippen LogP contribution in [0.25, 0.3) is 43.3 Å². The highest BCUT2D eigenvalue weighted by Crippen LogP contribution is 2.44. The molecule has 0 aliphatic carbocycles. The molecule has 35 heavy (non-hydrogen) atoms. The summed E-state index contributed by atoms with van der Waals surface area (Å²) in [5.74, 6) is 0.210. The van der Waals surface area contributed by atoms with Crippen LogP contribution < -0.4 is 11.1 Å². The fourth-order valence-electron chi connectivity index (χ4n) is 4.10. The van der Waals surface area contributed by atoms with Crippen LogP contribution in [0.1, 0.15) is 12.5 Å². The number of fused-ring (bicyclic) bond motifs is 1. The molecule has 0 spiro atoms. The molecular formula is C27H24N6OS. The third kappa shape index (κ3) is 4.08. The highest BCUT2D eigenvalue weighted by molar-refractivity contribution is 7.18. The Morgan fingerprint density at radius 1 is 1.09 bits per heavy atom. The number of nitrogens with zero attached hydrogens (tertiary/aromatic N) is 4. The van der Waals surface area contributed by atoms with Crippen LogP contribution in [0.2, 0.25) is 0 Å². The van der Waals surface area contributed by atoms with Crippen LogP contribution in [0, 0.1) is 6.92 Å². The lowest BCUT2D eigenvalue weighted by Gasteiger charge is -2.09. The van der Waals surface area contributed by atoms with Gasteiger partial charge < -0.3 is 15.6 Å². The fourth-order valence-corrected chi connectivity index (χ4v) is 5.07. The Morgan fingerprint density at radius 2 is 1.86 bits per heavy atom. The van der Waals surface area contributed by atoms with Crippen molar-refractivity contribution >= 4 is 39.8 Å². The Bertz CT molecular complexity index is 1600. The van der Waals surface area contributed by atoms with E-state index in [1.165, 1.54) is 11.9 Å². The number of nitrogen functional groups attached to an aromatic ring is 1. The molecule has 0 radical (unpaired) electrons. The molecule has 0 saturated carbocycles. The first kappa shape index (κ1) is 22.5. The summed E-state index contributed by atoms with van der Waals surface area (Å²) >= 11 is 1.61. The molecule has 8 heteroatoms. The summed E-state index contributed by atoms with van der Waals surface area (Å²) < 4.78 is 2.02. The fraction of sp³-hybridized carbons (Fsp3) is 0.111. The summed E-state index contributed by atoms with van der Waals surface area (Å²) in [5, 5.41) is 4.57. The van der Waals surface area contributed by atoms with Crippen molar-refractivity contribution in [2.45, 2.75) is 13.8 Å². The van der Waals surface area contributed by atoms with E-state index in [9.17, 15) is 4.79 Å². The van der Waals surface area contributed by atoms with Gasteiger partial charge in [-0.1, -0.05) is 42.5 Å². The summed E-state index contributed by atoms with van der Waals surface area (Å²) in [7, 11) is 1.97. The van der Waals surface area contributed by atoms with Gasteiger partial charge in [-0.3, -0.25) is 4.79 Å². The summed E-state index contributed by atoms with van der Waals surface area (Å²) in [6, 6.07) is 16.0. The second-order valence-corrected chi connectivity index (χ2v) is 9.48. The summed E-state index contributed by atoms with van der Waals surface area (Å²) in [4.78, 5) is 26.5. The van der Waals surface area contributed by atoms with Crippen molar-refractivity contribution in [1.82, 2.24) is 19.5 Å². The van der Waals surface area contributed by atoms with Gasteiger partial charge in [0.05, 0.1) is 16.0 Å². The van der Waals surface area contributed by atoms with Gasteiger partial charge >= 0.3 is 0 Å². The van der Waals surface area contributed by atoms with E-state index in [1.807, 2.05) is 48.1 Å². The van der Waals surface area contributed by atoms with Gasteiger partial charge in [-0.25, -0.2) is 15.0 Å². The minimum absolute atomic E-state index is 0.209. The normalized spacial score (nSPS) is 11.1. The van der Waals surface area contributed by atoms with Gasteiger partial charge in [0.1, 0.15) is 22.8 Å². The number of nitrogens with one attached hydrogen (secondary N) is 1. The molecule has 0 aliphatic heterocycles. The molecule has 0 saturated heterocycles. The number of benzene rings is 2. The first-order valence-electron chi connectivity index (χ1n) is 11.0. The average Bonchev–Trinajstić information content (AvgIpc) is 3.43. The maximum absolute atomic E-state index is 12.0. The van der Waals surface area contributed by atoms with Crippen molar-refractivity contribution in [2.24, 2.45) is 7.05 Å². The lowest BCUT2D eigenvalue weighted by molar-refractivity contribution is -0.112. The van der Waals surface area contributed by atoms with Gasteiger partial charge in [-0.05, 0) is 37.6 Å². The predicted molar refractivity (Wildman–Crippen MR) is 143 cm³/mol. The zero-order valence-electron chi connectivity index (χ0n) is 19.7. The monoisotopic (exact) mass is 480 g/mol. The Balaban J connectivity index is 1.66. The maximum Gasteiger partial charge on any atom is 0.250 e. The number of hydrogen-bond donors (Lipinski definition) is 2. The number of aryl methyl sites for hydroxylation is 2. The summed E-state index contributed by atoms with van der Waals surface area (Å²) in [6.45, 7) is 7.44. The predicted octanol–water partition coefficient (Wildman–Crippen LogP) is 5.83. The second kappa shape index (κ2) is 8.81. The number of rotatable bonds is 5. The number of carbonyl (C=O) groups excluding carboxylic acids is 1. The molecule has 0 atom stereocenters. The molecule has 3 aromatic heterocycles. The van der Waals surface area contributed by atoms with Crippen molar-refractivity contribution in [3.05, 3.63) is 78.8 Å². The number of thiazole rings is 1. The number of anilines is 2. The van der Waals surface area contributed by atoms with Gasteiger partial charge in [0.25, 0.3) is 5.91 Å². The molecule has 0 fully saturated rings. The first-order valence-corrected chi connectivity index (χ1v) is 11.8. The molecule has 3 N–H and O–H groups in total. The quantitative estimate of drug-likeness (QED) is 0.308. The van der Waals surface area contributed by atoms with Crippen LogP contribution in [0.4, 0.5) is 11.5 Å². The number of carbonyl (C=O) groups is 1. The zero-order valence-corrected chi connectivity index (χ0v) is 20.5. The van der Waals surface area contributed by atoms with Crippen LogP contribution in [0.3, 0.4) is 0 Å². The molecule has 0 unspecified atom stereocenters. The molecule has 2 aromatic carbocycles. The van der Waals surface area contributed by atoms with E-state index in [2.05, 4.69) is 47.0 Å². The van der Waals surface area contributed by atoms with E-state index in [1.54, 1.807) is 18.3 Å². The lowest BCUT2D eigenvalue weighted by atomic mass is 10.0. The Hall–Kier alpha value is -4.30. The van der Waals surface area contributed by atoms with E-state index in [4.69, 9.17) is 10.7 Å². The standard InChI is InChI=1S/C27H24N6OS/c1-15(2)26(34)32-19-10-8-17(9-11-19)23-21(22-24(28)30-14-31-25(22)33(23)4)20-13-29-27(35-20)18-7-5-6-16(3)12-18/h5-14H,1H2,2-4H3,(H,32,34)(H2,28,30,31). The van der Waals surface area contributed by atoms with Gasteiger partial charge in [0.15, 0.2) is 0 Å². The van der Waals surface area contributed by atoms with Gasteiger partial charge in [-0.2, -0.15) is 0 Å². The van der Waals surface area contributed by atoms with Crippen molar-refractivity contribution in [2.75, 3.05) is 11.1 Å². The van der Waals surface area contributed by atoms with Crippen molar-refractivity contribution in [1.29, 1.82) is 0 Å². The third-order valence-electron chi connectivity index (χ3n) is 5.82. The van der Waals surface area contributed by atoms with E-state index in [0.717, 1.165) is 43.3 Å². The lowest BCUT2D eigenvalue weighted by Crippen LogP contribution is -2.11. The van der Waals surface area contributed by atoms with E-state index < -0.39 is 0 Å². The van der Waals surface area contributed by atoms with Crippen molar-refractivity contribution in [3.8, 4) is 32.3 Å². The van der Waals surface area contributed by atoms with Crippen molar-refractivity contribution in [3.63, 3.8) is 0 Å². The zero-order chi connectivity index (χ0) is 24.7.